The number of halogens is 2. The van der Waals surface area contributed by atoms with E-state index in [1.54, 1.807) is 48.5 Å². The molecule has 0 unspecified atom stereocenters. The summed E-state index contributed by atoms with van der Waals surface area (Å²) in [5, 5.41) is 0.549. The van der Waals surface area contributed by atoms with Crippen LogP contribution in [0.2, 0.25) is 5.02 Å². The maximum Gasteiger partial charge on any atom is 0.236 e. The van der Waals surface area contributed by atoms with Gasteiger partial charge in [0, 0.05) is 28.1 Å². The molecule has 0 saturated carbocycles. The van der Waals surface area contributed by atoms with E-state index in [0.717, 1.165) is 30.4 Å². The second kappa shape index (κ2) is 8.13. The number of anilines is 1. The Hall–Kier alpha value is -1.83. The Morgan fingerprint density at radius 1 is 1.07 bits per heavy atom. The molecule has 0 atom stereocenters. The summed E-state index contributed by atoms with van der Waals surface area (Å²) in [6.45, 7) is 3.68. The Bertz CT molecular complexity index is 1100. The molecule has 1 aliphatic heterocycles. The Balaban J connectivity index is 1.82. The van der Waals surface area contributed by atoms with E-state index in [2.05, 4.69) is 27.8 Å². The van der Waals surface area contributed by atoms with Crippen molar-refractivity contribution in [3.05, 3.63) is 58.0 Å². The van der Waals surface area contributed by atoms with E-state index in [9.17, 15) is 8.42 Å². The molecule has 8 heteroatoms. The molecule has 5 nitrogen and oxygen atoms in total. The molecule has 1 saturated heterocycles. The van der Waals surface area contributed by atoms with Gasteiger partial charge in [0.05, 0.1) is 4.90 Å². The summed E-state index contributed by atoms with van der Waals surface area (Å²) in [7, 11) is -3.84. The summed E-state index contributed by atoms with van der Waals surface area (Å²) in [5.41, 5.74) is 0.679. The summed E-state index contributed by atoms with van der Waals surface area (Å²) in [5.74, 6) is 1.19. The van der Waals surface area contributed by atoms with Crippen LogP contribution >= 0.6 is 27.5 Å². The van der Waals surface area contributed by atoms with Crippen LogP contribution in [-0.4, -0.2) is 26.5 Å². The van der Waals surface area contributed by atoms with E-state index in [4.69, 9.17) is 16.0 Å². The van der Waals surface area contributed by atoms with E-state index in [1.165, 1.54) is 0 Å². The van der Waals surface area contributed by atoms with Gasteiger partial charge in [-0.15, -0.1) is 0 Å². The fourth-order valence-corrected chi connectivity index (χ4v) is 5.04. The predicted molar refractivity (Wildman–Crippen MR) is 117 cm³/mol. The molecule has 0 amide bonds. The van der Waals surface area contributed by atoms with Gasteiger partial charge < -0.3 is 9.32 Å². The van der Waals surface area contributed by atoms with E-state index < -0.39 is 9.84 Å². The lowest BCUT2D eigenvalue weighted by Gasteiger charge is -2.30. The standard InChI is InChI=1S/C21H20BrClN2O3S/c1-14-10-12-25(13-11-14)21-20(29(26,27)18-8-4-16(22)5-9-18)24-19(28-21)15-2-6-17(23)7-3-15/h2-9,14H,10-13H2,1H3. The average Bonchev–Trinajstić information content (AvgIpc) is 3.16. The molecule has 1 aromatic heterocycles. The first-order chi connectivity index (χ1) is 13.8. The van der Waals surface area contributed by atoms with Gasteiger partial charge in [0.25, 0.3) is 0 Å². The van der Waals surface area contributed by atoms with E-state index in [0.29, 0.717) is 22.4 Å². The third-order valence-corrected chi connectivity index (χ3v) is 7.57. The number of nitrogens with zero attached hydrogens (tertiary/aromatic N) is 2. The smallest absolute Gasteiger partial charge is 0.236 e. The Kier molecular flexibility index (Phi) is 5.73. The first kappa shape index (κ1) is 20.4. The molecule has 4 rings (SSSR count). The maximum atomic E-state index is 13.4. The molecular formula is C21H20BrClN2O3S. The molecule has 0 radical (unpaired) electrons. The Morgan fingerprint density at radius 2 is 1.69 bits per heavy atom. The zero-order valence-electron chi connectivity index (χ0n) is 15.8. The number of rotatable bonds is 4. The van der Waals surface area contributed by atoms with Gasteiger partial charge in [0.1, 0.15) is 0 Å². The number of sulfone groups is 1. The van der Waals surface area contributed by atoms with Crippen molar-refractivity contribution in [1.82, 2.24) is 4.98 Å². The molecule has 0 bridgehead atoms. The summed E-state index contributed by atoms with van der Waals surface area (Å²) in [6.07, 6.45) is 1.96. The van der Waals surface area contributed by atoms with Crippen LogP contribution < -0.4 is 4.90 Å². The van der Waals surface area contributed by atoms with Crippen LogP contribution in [-0.2, 0) is 9.84 Å². The van der Waals surface area contributed by atoms with Gasteiger partial charge in [-0.2, -0.15) is 4.98 Å². The minimum Gasteiger partial charge on any atom is -0.419 e. The van der Waals surface area contributed by atoms with Gasteiger partial charge >= 0.3 is 0 Å². The minimum absolute atomic E-state index is 0.0423. The van der Waals surface area contributed by atoms with Gasteiger partial charge in [0.15, 0.2) is 0 Å². The number of piperidine rings is 1. The lowest BCUT2D eigenvalue weighted by atomic mass is 9.99. The largest absolute Gasteiger partial charge is 0.419 e. The van der Waals surface area contributed by atoms with Crippen LogP contribution in [0.25, 0.3) is 11.5 Å². The van der Waals surface area contributed by atoms with Crippen LogP contribution in [0.5, 0.6) is 0 Å². The molecule has 3 aromatic rings. The van der Waals surface area contributed by atoms with Gasteiger partial charge in [-0.1, -0.05) is 34.5 Å². The van der Waals surface area contributed by atoms with Crippen molar-refractivity contribution < 1.29 is 12.8 Å². The molecule has 0 spiro atoms. The molecule has 1 fully saturated rings. The molecular weight excluding hydrogens is 476 g/mol. The highest BCUT2D eigenvalue weighted by atomic mass is 79.9. The highest BCUT2D eigenvalue weighted by molar-refractivity contribution is 9.10. The first-order valence-electron chi connectivity index (χ1n) is 9.37. The van der Waals surface area contributed by atoms with Gasteiger partial charge in [-0.25, -0.2) is 8.42 Å². The van der Waals surface area contributed by atoms with E-state index in [-0.39, 0.29) is 15.8 Å². The van der Waals surface area contributed by atoms with Crippen LogP contribution in [0.15, 0.2) is 67.3 Å². The fraction of sp³-hybridized carbons (Fsp3) is 0.286. The van der Waals surface area contributed by atoms with Crippen LogP contribution in [0, 0.1) is 5.92 Å². The summed E-state index contributed by atoms with van der Waals surface area (Å²) in [6, 6.07) is 13.5. The molecule has 29 heavy (non-hydrogen) atoms. The number of benzene rings is 2. The van der Waals surface area contributed by atoms with Crippen molar-refractivity contribution in [2.45, 2.75) is 29.7 Å². The lowest BCUT2D eigenvalue weighted by Crippen LogP contribution is -2.33. The number of aromatic nitrogens is 1. The zero-order chi connectivity index (χ0) is 20.6. The van der Waals surface area contributed by atoms with E-state index >= 15 is 0 Å². The van der Waals surface area contributed by atoms with E-state index in [1.807, 2.05) is 4.90 Å². The molecule has 0 aliphatic carbocycles. The lowest BCUT2D eigenvalue weighted by molar-refractivity contribution is 0.416. The van der Waals surface area contributed by atoms with Crippen LogP contribution in [0.4, 0.5) is 5.88 Å². The summed E-state index contributed by atoms with van der Waals surface area (Å²) < 4.78 is 33.6. The third-order valence-electron chi connectivity index (χ3n) is 5.12. The number of hydrogen-bond acceptors (Lipinski definition) is 5. The van der Waals surface area contributed by atoms with Crippen molar-refractivity contribution in [2.75, 3.05) is 18.0 Å². The highest BCUT2D eigenvalue weighted by Crippen LogP contribution is 2.36. The Labute approximate surface area is 183 Å². The number of hydrogen-bond donors (Lipinski definition) is 0. The summed E-state index contributed by atoms with van der Waals surface area (Å²) in [4.78, 5) is 6.59. The maximum absolute atomic E-state index is 13.4. The molecule has 1 aliphatic rings. The van der Waals surface area contributed by atoms with Crippen molar-refractivity contribution >= 4 is 43.3 Å². The van der Waals surface area contributed by atoms with Crippen molar-refractivity contribution in [3.63, 3.8) is 0 Å². The van der Waals surface area contributed by atoms with Crippen LogP contribution in [0.3, 0.4) is 0 Å². The predicted octanol–water partition coefficient (Wildman–Crippen LogP) is 5.83. The van der Waals surface area contributed by atoms with Crippen molar-refractivity contribution in [3.8, 4) is 11.5 Å². The van der Waals surface area contributed by atoms with Crippen molar-refractivity contribution in [1.29, 1.82) is 0 Å². The van der Waals surface area contributed by atoms with Crippen LogP contribution in [0.1, 0.15) is 19.8 Å². The second-order valence-electron chi connectivity index (χ2n) is 7.26. The van der Waals surface area contributed by atoms with Gasteiger partial charge in [-0.05, 0) is 67.3 Å². The molecule has 0 N–H and O–H groups in total. The molecule has 152 valence electrons. The summed E-state index contributed by atoms with van der Waals surface area (Å²) >= 11 is 9.32. The second-order valence-corrected chi connectivity index (χ2v) is 10.5. The van der Waals surface area contributed by atoms with Gasteiger partial charge in [-0.3, -0.25) is 0 Å². The number of oxazole rings is 1. The highest BCUT2D eigenvalue weighted by Gasteiger charge is 2.32. The fourth-order valence-electron chi connectivity index (χ4n) is 3.33. The monoisotopic (exact) mass is 494 g/mol. The molecule has 2 aromatic carbocycles. The van der Waals surface area contributed by atoms with Crippen molar-refractivity contribution in [2.24, 2.45) is 5.92 Å². The zero-order valence-corrected chi connectivity index (χ0v) is 19.0. The average molecular weight is 496 g/mol. The molecule has 2 heterocycles. The topological polar surface area (TPSA) is 63.4 Å². The normalized spacial score (nSPS) is 15.6. The first-order valence-corrected chi connectivity index (χ1v) is 12.0. The van der Waals surface area contributed by atoms with Gasteiger partial charge in [0.2, 0.25) is 26.6 Å². The third kappa shape index (κ3) is 4.22. The minimum atomic E-state index is -3.84. The SMILES string of the molecule is CC1CCN(c2oc(-c3ccc(Cl)cc3)nc2S(=O)(=O)c2ccc(Br)cc2)CC1. The Morgan fingerprint density at radius 3 is 2.31 bits per heavy atom. The quantitative estimate of drug-likeness (QED) is 0.456.